The first kappa shape index (κ1) is 17.6. The van der Waals surface area contributed by atoms with Gasteiger partial charge < -0.3 is 10.6 Å². The summed E-state index contributed by atoms with van der Waals surface area (Å²) in [6.45, 7) is 4.26. The van der Waals surface area contributed by atoms with Crippen LogP contribution >= 0.6 is 0 Å². The minimum absolute atomic E-state index is 0.125. The first-order valence-electron chi connectivity index (χ1n) is 8.97. The lowest BCUT2D eigenvalue weighted by Crippen LogP contribution is -2.51. The van der Waals surface area contributed by atoms with E-state index in [1.165, 1.54) is 6.07 Å². The first-order chi connectivity index (χ1) is 12.1. The highest BCUT2D eigenvalue weighted by Gasteiger charge is 2.39. The number of piperidine rings is 1. The van der Waals surface area contributed by atoms with Gasteiger partial charge in [-0.2, -0.15) is 0 Å². The molecular weight excluding hydrogens is 315 g/mol. The van der Waals surface area contributed by atoms with Crippen LogP contribution in [0, 0.1) is 11.2 Å². The zero-order valence-corrected chi connectivity index (χ0v) is 14.6. The van der Waals surface area contributed by atoms with Gasteiger partial charge in [0.15, 0.2) is 0 Å². The van der Waals surface area contributed by atoms with Crippen molar-refractivity contribution in [1.82, 2.24) is 10.6 Å². The van der Waals surface area contributed by atoms with Crippen LogP contribution in [0.25, 0.3) is 11.1 Å². The molecule has 1 saturated heterocycles. The first-order valence-corrected chi connectivity index (χ1v) is 8.97. The zero-order chi connectivity index (χ0) is 17.7. The Hall–Kier alpha value is -2.20. The van der Waals surface area contributed by atoms with Crippen molar-refractivity contribution in [2.75, 3.05) is 19.6 Å². The number of carbonyl (C=O) groups is 1. The van der Waals surface area contributed by atoms with Crippen molar-refractivity contribution in [2.24, 2.45) is 5.41 Å². The molecule has 1 heterocycles. The maximum atomic E-state index is 13.9. The lowest BCUT2D eigenvalue weighted by molar-refractivity contribution is -0.132. The van der Waals surface area contributed by atoms with Gasteiger partial charge in [0.25, 0.3) is 0 Å². The second-order valence-electron chi connectivity index (χ2n) is 6.77. The summed E-state index contributed by atoms with van der Waals surface area (Å²) in [7, 11) is 0. The summed E-state index contributed by atoms with van der Waals surface area (Å²) in [4.78, 5) is 12.7. The highest BCUT2D eigenvalue weighted by Crippen LogP contribution is 2.32. The molecule has 2 aromatic rings. The van der Waals surface area contributed by atoms with E-state index in [-0.39, 0.29) is 11.7 Å². The summed E-state index contributed by atoms with van der Waals surface area (Å²) in [5, 5.41) is 6.36. The number of rotatable bonds is 5. The number of benzene rings is 2. The Morgan fingerprint density at radius 2 is 1.96 bits per heavy atom. The van der Waals surface area contributed by atoms with Gasteiger partial charge in [0.2, 0.25) is 5.91 Å². The molecule has 3 nitrogen and oxygen atoms in total. The Kier molecular flexibility index (Phi) is 5.49. The topological polar surface area (TPSA) is 41.1 Å². The number of hydrogen-bond acceptors (Lipinski definition) is 2. The third-order valence-corrected chi connectivity index (χ3v) is 4.97. The SMILES string of the molecule is CCNC(=O)C1(Cc2ccc(-c3ccccc3F)cc2)CCCNC1. The molecule has 0 saturated carbocycles. The second-order valence-corrected chi connectivity index (χ2v) is 6.77. The Balaban J connectivity index is 1.81. The van der Waals surface area contributed by atoms with Gasteiger partial charge in [-0.1, -0.05) is 42.5 Å². The number of nitrogens with one attached hydrogen (secondary N) is 2. The molecule has 1 amide bonds. The standard InChI is InChI=1S/C21H25FN2O/c1-2-24-20(25)21(12-5-13-23-15-21)14-16-8-10-17(11-9-16)18-6-3-4-7-19(18)22/h3-4,6-11,23H,2,5,12-15H2,1H3,(H,24,25). The van der Waals surface area contributed by atoms with Crippen LogP contribution in [0.4, 0.5) is 4.39 Å². The van der Waals surface area contributed by atoms with Crippen molar-refractivity contribution in [3.8, 4) is 11.1 Å². The van der Waals surface area contributed by atoms with Crippen LogP contribution in [-0.2, 0) is 11.2 Å². The molecule has 1 aliphatic rings. The molecule has 0 aromatic heterocycles. The van der Waals surface area contributed by atoms with Crippen LogP contribution in [0.1, 0.15) is 25.3 Å². The summed E-state index contributed by atoms with van der Waals surface area (Å²) in [5.74, 6) is -0.0918. The van der Waals surface area contributed by atoms with Crippen LogP contribution in [0.2, 0.25) is 0 Å². The van der Waals surface area contributed by atoms with E-state index in [9.17, 15) is 9.18 Å². The molecule has 0 bridgehead atoms. The largest absolute Gasteiger partial charge is 0.356 e. The molecular formula is C21H25FN2O. The summed E-state index contributed by atoms with van der Waals surface area (Å²) >= 11 is 0. The predicted octanol–water partition coefficient (Wildman–Crippen LogP) is 3.54. The van der Waals surface area contributed by atoms with Crippen molar-refractivity contribution >= 4 is 5.91 Å². The smallest absolute Gasteiger partial charge is 0.227 e. The van der Waals surface area contributed by atoms with Crippen molar-refractivity contribution < 1.29 is 9.18 Å². The molecule has 0 aliphatic carbocycles. The number of carbonyl (C=O) groups excluding carboxylic acids is 1. The Morgan fingerprint density at radius 3 is 2.60 bits per heavy atom. The Bertz CT molecular complexity index is 721. The van der Waals surface area contributed by atoms with Crippen LogP contribution in [0.3, 0.4) is 0 Å². The Labute approximate surface area is 148 Å². The van der Waals surface area contributed by atoms with E-state index in [1.807, 2.05) is 37.3 Å². The average molecular weight is 340 g/mol. The molecule has 1 aliphatic heterocycles. The fraction of sp³-hybridized carbons (Fsp3) is 0.381. The van der Waals surface area contributed by atoms with E-state index >= 15 is 0 Å². The van der Waals surface area contributed by atoms with Crippen LogP contribution in [0.5, 0.6) is 0 Å². The fourth-order valence-corrected chi connectivity index (χ4v) is 3.63. The highest BCUT2D eigenvalue weighted by molar-refractivity contribution is 5.83. The molecule has 2 aromatic carbocycles. The summed E-state index contributed by atoms with van der Waals surface area (Å²) in [6, 6.07) is 14.7. The fourth-order valence-electron chi connectivity index (χ4n) is 3.63. The van der Waals surface area contributed by atoms with Gasteiger partial charge in [-0.15, -0.1) is 0 Å². The summed E-state index contributed by atoms with van der Waals surface area (Å²) in [6.07, 6.45) is 2.59. The van der Waals surface area contributed by atoms with Gasteiger partial charge in [-0.05, 0) is 49.9 Å². The van der Waals surface area contributed by atoms with E-state index in [1.54, 1.807) is 12.1 Å². The van der Waals surface area contributed by atoms with Gasteiger partial charge in [-0.3, -0.25) is 4.79 Å². The van der Waals surface area contributed by atoms with Crippen LogP contribution in [0.15, 0.2) is 48.5 Å². The quantitative estimate of drug-likeness (QED) is 0.874. The van der Waals surface area contributed by atoms with Crippen molar-refractivity contribution in [3.63, 3.8) is 0 Å². The molecule has 132 valence electrons. The molecule has 0 radical (unpaired) electrons. The van der Waals surface area contributed by atoms with Gasteiger partial charge in [-0.25, -0.2) is 4.39 Å². The summed E-state index contributed by atoms with van der Waals surface area (Å²) in [5.41, 5.74) is 2.17. The zero-order valence-electron chi connectivity index (χ0n) is 14.6. The van der Waals surface area contributed by atoms with Gasteiger partial charge in [0.05, 0.1) is 5.41 Å². The van der Waals surface area contributed by atoms with E-state index in [4.69, 9.17) is 0 Å². The monoisotopic (exact) mass is 340 g/mol. The summed E-state index contributed by atoms with van der Waals surface area (Å²) < 4.78 is 13.9. The van der Waals surface area contributed by atoms with Gasteiger partial charge in [0, 0.05) is 18.7 Å². The third kappa shape index (κ3) is 3.90. The van der Waals surface area contributed by atoms with E-state index in [0.717, 1.165) is 30.5 Å². The molecule has 25 heavy (non-hydrogen) atoms. The number of amides is 1. The maximum Gasteiger partial charge on any atom is 0.227 e. The van der Waals surface area contributed by atoms with Crippen LogP contribution in [-0.4, -0.2) is 25.5 Å². The van der Waals surface area contributed by atoms with Gasteiger partial charge in [0.1, 0.15) is 5.82 Å². The van der Waals surface area contributed by atoms with Crippen molar-refractivity contribution in [1.29, 1.82) is 0 Å². The maximum absolute atomic E-state index is 13.9. The molecule has 4 heteroatoms. The van der Waals surface area contributed by atoms with E-state index in [0.29, 0.717) is 25.1 Å². The molecule has 1 fully saturated rings. The highest BCUT2D eigenvalue weighted by atomic mass is 19.1. The Morgan fingerprint density at radius 1 is 1.20 bits per heavy atom. The van der Waals surface area contributed by atoms with Crippen molar-refractivity contribution in [2.45, 2.75) is 26.2 Å². The second kappa shape index (κ2) is 7.79. The van der Waals surface area contributed by atoms with Crippen molar-refractivity contribution in [3.05, 3.63) is 59.9 Å². The van der Waals surface area contributed by atoms with E-state index < -0.39 is 5.41 Å². The van der Waals surface area contributed by atoms with Gasteiger partial charge >= 0.3 is 0 Å². The minimum atomic E-state index is -0.395. The lowest BCUT2D eigenvalue weighted by Gasteiger charge is -2.36. The van der Waals surface area contributed by atoms with E-state index in [2.05, 4.69) is 10.6 Å². The number of halogens is 1. The molecule has 1 unspecified atom stereocenters. The molecule has 3 rings (SSSR count). The minimum Gasteiger partial charge on any atom is -0.356 e. The third-order valence-electron chi connectivity index (χ3n) is 4.97. The van der Waals surface area contributed by atoms with Crippen LogP contribution < -0.4 is 10.6 Å². The molecule has 1 atom stereocenters. The normalized spacial score (nSPS) is 20.2. The number of hydrogen-bond donors (Lipinski definition) is 2. The predicted molar refractivity (Wildman–Crippen MR) is 98.8 cm³/mol. The lowest BCUT2D eigenvalue weighted by atomic mass is 9.74. The molecule has 0 spiro atoms. The molecule has 2 N–H and O–H groups in total. The average Bonchev–Trinajstić information content (AvgIpc) is 2.64.